The van der Waals surface area contributed by atoms with Gasteiger partial charge in [-0.15, -0.1) is 0 Å². The Morgan fingerprint density at radius 3 is 2.70 bits per heavy atom. The minimum atomic E-state index is -0.341. The molecule has 118 valence electrons. The van der Waals surface area contributed by atoms with E-state index in [4.69, 9.17) is 39.5 Å². The number of anilines is 1. The second-order valence-electron chi connectivity index (χ2n) is 4.49. The quantitative estimate of drug-likeness (QED) is 0.663. The molecule has 0 aliphatic rings. The van der Waals surface area contributed by atoms with Gasteiger partial charge in [-0.05, 0) is 24.3 Å². The van der Waals surface area contributed by atoms with Gasteiger partial charge in [-0.25, -0.2) is 4.98 Å². The molecule has 0 saturated carbocycles. The van der Waals surface area contributed by atoms with Crippen LogP contribution in [0.3, 0.4) is 0 Å². The molecule has 0 spiro atoms. The molecule has 23 heavy (non-hydrogen) atoms. The van der Waals surface area contributed by atoms with E-state index in [2.05, 4.69) is 10.3 Å². The molecule has 0 saturated heterocycles. The normalized spacial score (nSPS) is 10.7. The number of carbonyl (C=O) groups excluding carboxylic acids is 1. The highest BCUT2D eigenvalue weighted by atomic mass is 35.5. The van der Waals surface area contributed by atoms with Crippen LogP contribution in [0, 0.1) is 0 Å². The Hall–Kier alpha value is -1.53. The van der Waals surface area contributed by atoms with Gasteiger partial charge in [0, 0.05) is 0 Å². The largest absolute Gasteiger partial charge is 0.482 e. The summed E-state index contributed by atoms with van der Waals surface area (Å²) in [5, 5.41) is 4.33. The van der Waals surface area contributed by atoms with Gasteiger partial charge < -0.3 is 4.74 Å². The number of nitrogens with zero attached hydrogens (tertiary/aromatic N) is 1. The number of para-hydroxylation sites is 1. The molecule has 2 aromatic carbocycles. The van der Waals surface area contributed by atoms with Crippen LogP contribution >= 0.6 is 46.1 Å². The van der Waals surface area contributed by atoms with Crippen molar-refractivity contribution in [1.29, 1.82) is 0 Å². The van der Waals surface area contributed by atoms with Crippen LogP contribution in [-0.2, 0) is 4.79 Å². The molecule has 0 atom stereocenters. The van der Waals surface area contributed by atoms with Gasteiger partial charge >= 0.3 is 0 Å². The maximum absolute atomic E-state index is 12.0. The Morgan fingerprint density at radius 2 is 1.91 bits per heavy atom. The van der Waals surface area contributed by atoms with Crippen molar-refractivity contribution >= 4 is 67.4 Å². The average molecular weight is 388 g/mol. The van der Waals surface area contributed by atoms with Crippen molar-refractivity contribution in [3.8, 4) is 5.75 Å². The summed E-state index contributed by atoms with van der Waals surface area (Å²) >= 11 is 19.3. The summed E-state index contributed by atoms with van der Waals surface area (Å²) in [6.45, 7) is -0.172. The van der Waals surface area contributed by atoms with Crippen LogP contribution < -0.4 is 10.1 Å². The Bertz CT molecular complexity index is 882. The van der Waals surface area contributed by atoms with E-state index in [9.17, 15) is 4.79 Å². The lowest BCUT2D eigenvalue weighted by atomic mass is 10.3. The number of fused-ring (bicyclic) bond motifs is 1. The van der Waals surface area contributed by atoms with Crippen LogP contribution in [0.2, 0.25) is 15.1 Å². The maximum atomic E-state index is 12.0. The minimum absolute atomic E-state index is 0.172. The first kappa shape index (κ1) is 16.3. The highest BCUT2D eigenvalue weighted by Gasteiger charge is 2.12. The van der Waals surface area contributed by atoms with Crippen LogP contribution in [0.4, 0.5) is 5.13 Å². The number of hydrogen-bond donors (Lipinski definition) is 1. The molecule has 3 rings (SSSR count). The SMILES string of the molecule is O=C(COc1ccccc1Cl)Nc1nc2c(Cl)c(Cl)ccc2s1. The fourth-order valence-electron chi connectivity index (χ4n) is 1.85. The molecule has 3 aromatic rings. The summed E-state index contributed by atoms with van der Waals surface area (Å²) in [5.74, 6) is 0.106. The van der Waals surface area contributed by atoms with Crippen molar-refractivity contribution in [1.82, 2.24) is 4.98 Å². The summed E-state index contributed by atoms with van der Waals surface area (Å²) < 4.78 is 6.21. The number of halogens is 3. The van der Waals surface area contributed by atoms with Crippen molar-refractivity contribution in [2.75, 3.05) is 11.9 Å². The molecule has 4 nitrogen and oxygen atoms in total. The number of benzene rings is 2. The first-order chi connectivity index (χ1) is 11.0. The summed E-state index contributed by atoms with van der Waals surface area (Å²) in [6, 6.07) is 10.4. The predicted octanol–water partition coefficient (Wildman–Crippen LogP) is 5.27. The van der Waals surface area contributed by atoms with E-state index in [1.54, 1.807) is 36.4 Å². The van der Waals surface area contributed by atoms with Crippen molar-refractivity contribution < 1.29 is 9.53 Å². The van der Waals surface area contributed by atoms with Gasteiger partial charge in [-0.2, -0.15) is 0 Å². The third-order valence-electron chi connectivity index (χ3n) is 2.89. The molecule has 0 bridgehead atoms. The van der Waals surface area contributed by atoms with Crippen LogP contribution in [0.1, 0.15) is 0 Å². The molecule has 0 aliphatic heterocycles. The molecule has 1 heterocycles. The molecule has 0 aliphatic carbocycles. The molecule has 1 amide bonds. The number of rotatable bonds is 4. The van der Waals surface area contributed by atoms with E-state index in [0.717, 1.165) is 4.70 Å². The first-order valence-corrected chi connectivity index (χ1v) is 8.41. The molecule has 0 fully saturated rings. The summed E-state index contributed by atoms with van der Waals surface area (Å²) in [4.78, 5) is 16.2. The van der Waals surface area contributed by atoms with Gasteiger partial charge in [0.15, 0.2) is 11.7 Å². The minimum Gasteiger partial charge on any atom is -0.482 e. The standard InChI is InChI=1S/C15H9Cl3N2O2S/c16-8-3-1-2-4-10(8)22-7-12(21)19-15-20-14-11(23-15)6-5-9(17)13(14)18/h1-6H,7H2,(H,19,20,21). The van der Waals surface area contributed by atoms with Crippen LogP contribution in [0.25, 0.3) is 10.2 Å². The number of hydrogen-bond acceptors (Lipinski definition) is 4. The van der Waals surface area contributed by atoms with E-state index in [1.807, 2.05) is 0 Å². The predicted molar refractivity (Wildman–Crippen MR) is 95.2 cm³/mol. The van der Waals surface area contributed by atoms with E-state index in [1.165, 1.54) is 11.3 Å². The summed E-state index contributed by atoms with van der Waals surface area (Å²) in [6.07, 6.45) is 0. The molecular formula is C15H9Cl3N2O2S. The molecule has 1 N–H and O–H groups in total. The molecule has 1 aromatic heterocycles. The van der Waals surface area contributed by atoms with Crippen LogP contribution in [0.15, 0.2) is 36.4 Å². The summed E-state index contributed by atoms with van der Waals surface area (Å²) in [7, 11) is 0. The van der Waals surface area contributed by atoms with Gasteiger partial charge in [0.25, 0.3) is 5.91 Å². The third kappa shape index (κ3) is 3.70. The molecule has 0 unspecified atom stereocenters. The maximum Gasteiger partial charge on any atom is 0.264 e. The topological polar surface area (TPSA) is 51.2 Å². The van der Waals surface area contributed by atoms with E-state index < -0.39 is 0 Å². The smallest absolute Gasteiger partial charge is 0.264 e. The first-order valence-electron chi connectivity index (χ1n) is 6.46. The second-order valence-corrected chi connectivity index (χ2v) is 6.72. The Morgan fingerprint density at radius 1 is 1.13 bits per heavy atom. The number of amides is 1. The number of aromatic nitrogens is 1. The highest BCUT2D eigenvalue weighted by Crippen LogP contribution is 2.35. The van der Waals surface area contributed by atoms with E-state index in [-0.39, 0.29) is 12.5 Å². The highest BCUT2D eigenvalue weighted by molar-refractivity contribution is 7.22. The van der Waals surface area contributed by atoms with E-state index >= 15 is 0 Å². The number of carbonyl (C=O) groups is 1. The van der Waals surface area contributed by atoms with Gasteiger partial charge in [0.1, 0.15) is 11.3 Å². The summed E-state index contributed by atoms with van der Waals surface area (Å²) in [5.41, 5.74) is 0.562. The van der Waals surface area contributed by atoms with Gasteiger partial charge in [0.05, 0.1) is 19.8 Å². The number of ether oxygens (including phenoxy) is 1. The Kier molecular flexibility index (Phi) is 4.92. The Labute approximate surface area is 150 Å². The van der Waals surface area contributed by atoms with Crippen molar-refractivity contribution in [3.05, 3.63) is 51.5 Å². The number of nitrogens with one attached hydrogen (secondary N) is 1. The lowest BCUT2D eigenvalue weighted by Gasteiger charge is -2.06. The van der Waals surface area contributed by atoms with Crippen LogP contribution in [-0.4, -0.2) is 17.5 Å². The van der Waals surface area contributed by atoms with Crippen molar-refractivity contribution in [2.45, 2.75) is 0 Å². The zero-order valence-corrected chi connectivity index (χ0v) is 14.6. The lowest BCUT2D eigenvalue weighted by molar-refractivity contribution is -0.118. The lowest BCUT2D eigenvalue weighted by Crippen LogP contribution is -2.20. The van der Waals surface area contributed by atoms with Gasteiger partial charge in [-0.1, -0.05) is 58.3 Å². The van der Waals surface area contributed by atoms with E-state index in [0.29, 0.717) is 31.5 Å². The third-order valence-corrected chi connectivity index (χ3v) is 4.94. The number of thiazole rings is 1. The average Bonchev–Trinajstić information content (AvgIpc) is 2.93. The van der Waals surface area contributed by atoms with Crippen molar-refractivity contribution in [3.63, 3.8) is 0 Å². The Balaban J connectivity index is 1.68. The fraction of sp³-hybridized carbons (Fsp3) is 0.0667. The second kappa shape index (κ2) is 6.93. The molecule has 8 heteroatoms. The molecular weight excluding hydrogens is 379 g/mol. The zero-order chi connectivity index (χ0) is 16.4. The van der Waals surface area contributed by atoms with Crippen molar-refractivity contribution in [2.24, 2.45) is 0 Å². The molecule has 0 radical (unpaired) electrons. The fourth-order valence-corrected chi connectivity index (χ4v) is 3.35. The zero-order valence-electron chi connectivity index (χ0n) is 11.5. The monoisotopic (exact) mass is 386 g/mol. The van der Waals surface area contributed by atoms with Gasteiger partial charge in [0.2, 0.25) is 0 Å². The van der Waals surface area contributed by atoms with Crippen LogP contribution in [0.5, 0.6) is 5.75 Å². The van der Waals surface area contributed by atoms with Gasteiger partial charge in [-0.3, -0.25) is 10.1 Å².